The lowest BCUT2D eigenvalue weighted by molar-refractivity contribution is 0.0177. The maximum absolute atomic E-state index is 12.2. The molecule has 0 aromatic heterocycles. The van der Waals surface area contributed by atoms with Gasteiger partial charge in [0.15, 0.2) is 0 Å². The molecule has 0 amide bonds. The first-order valence-corrected chi connectivity index (χ1v) is 6.80. The topological polar surface area (TPSA) is 76.0 Å². The third-order valence-corrected chi connectivity index (χ3v) is 3.51. The minimum atomic E-state index is -0.554. The van der Waals surface area contributed by atoms with Gasteiger partial charge in [0.25, 0.3) is 0 Å². The van der Waals surface area contributed by atoms with Crippen molar-refractivity contribution >= 4 is 5.97 Å². The summed E-state index contributed by atoms with van der Waals surface area (Å²) in [7, 11) is 1.51. The number of hydrogen-bond donors (Lipinski definition) is 2. The monoisotopic (exact) mass is 280 g/mol. The molecule has 0 radical (unpaired) electrons. The predicted octanol–water partition coefficient (Wildman–Crippen LogP) is 2.03. The second-order valence-electron chi connectivity index (χ2n) is 5.18. The van der Waals surface area contributed by atoms with Gasteiger partial charge in [-0.15, -0.1) is 0 Å². The Morgan fingerprint density at radius 1 is 1.40 bits per heavy atom. The molecular weight excluding hydrogens is 260 g/mol. The van der Waals surface area contributed by atoms with Crippen LogP contribution < -0.4 is 4.74 Å². The zero-order valence-corrected chi connectivity index (χ0v) is 11.8. The van der Waals surface area contributed by atoms with Crippen molar-refractivity contribution in [2.45, 2.75) is 44.8 Å². The van der Waals surface area contributed by atoms with E-state index in [4.69, 9.17) is 9.47 Å². The van der Waals surface area contributed by atoms with Gasteiger partial charge >= 0.3 is 5.97 Å². The van der Waals surface area contributed by atoms with Crippen molar-refractivity contribution in [2.24, 2.45) is 0 Å². The average molecular weight is 280 g/mol. The van der Waals surface area contributed by atoms with Crippen LogP contribution in [0.15, 0.2) is 12.1 Å². The number of fused-ring (bicyclic) bond motifs is 1. The SMILES string of the molecule is COc1cc(O)c2c(c1)CCC[C@H](O)C[C@@H](C)OC2=O. The number of rotatable bonds is 1. The van der Waals surface area contributed by atoms with Crippen molar-refractivity contribution in [1.29, 1.82) is 0 Å². The number of carbonyl (C=O) groups excluding carboxylic acids is 1. The summed E-state index contributed by atoms with van der Waals surface area (Å²) in [4.78, 5) is 12.2. The van der Waals surface area contributed by atoms with Gasteiger partial charge < -0.3 is 19.7 Å². The highest BCUT2D eigenvalue weighted by Gasteiger charge is 2.24. The minimum absolute atomic E-state index is 0.127. The zero-order valence-electron chi connectivity index (χ0n) is 11.8. The number of phenolic OH excluding ortho intramolecular Hbond substituents is 1. The van der Waals surface area contributed by atoms with E-state index in [2.05, 4.69) is 0 Å². The van der Waals surface area contributed by atoms with E-state index in [-0.39, 0.29) is 17.4 Å². The van der Waals surface area contributed by atoms with Crippen LogP contribution in [0.3, 0.4) is 0 Å². The van der Waals surface area contributed by atoms with Crippen LogP contribution in [0.5, 0.6) is 11.5 Å². The molecule has 0 aliphatic carbocycles. The Kier molecular flexibility index (Phi) is 4.49. The third-order valence-electron chi connectivity index (χ3n) is 3.51. The normalized spacial score (nSPS) is 23.6. The number of aryl methyl sites for hydroxylation is 1. The van der Waals surface area contributed by atoms with Gasteiger partial charge in [-0.2, -0.15) is 0 Å². The fourth-order valence-electron chi connectivity index (χ4n) is 2.53. The Hall–Kier alpha value is -1.75. The molecule has 0 spiro atoms. The van der Waals surface area contributed by atoms with Crippen LogP contribution in [0, 0.1) is 0 Å². The first-order valence-electron chi connectivity index (χ1n) is 6.80. The van der Waals surface area contributed by atoms with E-state index in [9.17, 15) is 15.0 Å². The third kappa shape index (κ3) is 3.22. The lowest BCUT2D eigenvalue weighted by Gasteiger charge is -2.21. The molecule has 1 aromatic rings. The number of aliphatic hydroxyl groups excluding tert-OH is 1. The highest BCUT2D eigenvalue weighted by Crippen LogP contribution is 2.31. The number of aliphatic hydroxyl groups is 1. The maximum atomic E-state index is 12.2. The highest BCUT2D eigenvalue weighted by atomic mass is 16.5. The quantitative estimate of drug-likeness (QED) is 0.770. The lowest BCUT2D eigenvalue weighted by atomic mass is 9.97. The molecule has 0 saturated heterocycles. The number of cyclic esters (lactones) is 1. The van der Waals surface area contributed by atoms with Crippen LogP contribution in [0.2, 0.25) is 0 Å². The average Bonchev–Trinajstić information content (AvgIpc) is 2.36. The second-order valence-corrected chi connectivity index (χ2v) is 5.18. The van der Waals surface area contributed by atoms with E-state index in [1.165, 1.54) is 13.2 Å². The van der Waals surface area contributed by atoms with Crippen LogP contribution in [-0.2, 0) is 11.2 Å². The van der Waals surface area contributed by atoms with Crippen LogP contribution >= 0.6 is 0 Å². The van der Waals surface area contributed by atoms with E-state index in [0.717, 1.165) is 6.42 Å². The highest BCUT2D eigenvalue weighted by molar-refractivity contribution is 5.94. The molecule has 2 atom stereocenters. The first kappa shape index (κ1) is 14.7. The van der Waals surface area contributed by atoms with Crippen molar-refractivity contribution in [3.63, 3.8) is 0 Å². The smallest absolute Gasteiger partial charge is 0.342 e. The molecule has 0 unspecified atom stereocenters. The van der Waals surface area contributed by atoms with Crippen LogP contribution in [0.25, 0.3) is 0 Å². The van der Waals surface area contributed by atoms with Gasteiger partial charge in [0.1, 0.15) is 23.2 Å². The summed E-state index contributed by atoms with van der Waals surface area (Å²) >= 11 is 0. The molecule has 1 aliphatic heterocycles. The van der Waals surface area contributed by atoms with Gasteiger partial charge in [-0.25, -0.2) is 4.79 Å². The summed E-state index contributed by atoms with van der Waals surface area (Å²) in [5.41, 5.74) is 0.891. The van der Waals surface area contributed by atoms with Crippen LogP contribution in [0.4, 0.5) is 0 Å². The molecule has 5 heteroatoms. The molecule has 1 aromatic carbocycles. The molecule has 0 bridgehead atoms. The number of methoxy groups -OCH3 is 1. The first-order chi connectivity index (χ1) is 9.51. The number of esters is 1. The summed E-state index contributed by atoms with van der Waals surface area (Å²) in [6.07, 6.45) is 1.52. The number of hydrogen-bond acceptors (Lipinski definition) is 5. The van der Waals surface area contributed by atoms with Crippen molar-refractivity contribution in [3.8, 4) is 11.5 Å². The van der Waals surface area contributed by atoms with Gasteiger partial charge in [-0.1, -0.05) is 0 Å². The maximum Gasteiger partial charge on any atom is 0.342 e. The van der Waals surface area contributed by atoms with Gasteiger partial charge in [0.2, 0.25) is 0 Å². The van der Waals surface area contributed by atoms with E-state index < -0.39 is 12.1 Å². The molecule has 2 N–H and O–H groups in total. The summed E-state index contributed by atoms with van der Waals surface area (Å²) in [6.45, 7) is 1.74. The van der Waals surface area contributed by atoms with Gasteiger partial charge in [0, 0.05) is 12.5 Å². The molecule has 0 fully saturated rings. The summed E-state index contributed by atoms with van der Waals surface area (Å²) in [6, 6.07) is 3.14. The number of aromatic hydroxyl groups is 1. The van der Waals surface area contributed by atoms with Gasteiger partial charge in [0.05, 0.1) is 13.2 Å². The molecule has 1 heterocycles. The molecule has 0 saturated carbocycles. The summed E-state index contributed by atoms with van der Waals surface area (Å²) < 4.78 is 10.4. The standard InChI is InChI=1S/C15H20O5/c1-9-6-11(16)5-3-4-10-7-12(19-2)8-13(17)14(10)15(18)20-9/h7-9,11,16-17H,3-6H2,1-2H3/t9-,11+/m1/s1. The second kappa shape index (κ2) is 6.13. The molecule has 2 rings (SSSR count). The summed E-state index contributed by atoms with van der Waals surface area (Å²) in [5, 5.41) is 19.9. The van der Waals surface area contributed by atoms with Crippen molar-refractivity contribution in [2.75, 3.05) is 7.11 Å². The number of phenols is 1. The lowest BCUT2D eigenvalue weighted by Crippen LogP contribution is -2.23. The number of benzene rings is 1. The fraction of sp³-hybridized carbons (Fsp3) is 0.533. The molecule has 20 heavy (non-hydrogen) atoms. The Balaban J connectivity index is 2.39. The Morgan fingerprint density at radius 3 is 2.85 bits per heavy atom. The predicted molar refractivity (Wildman–Crippen MR) is 73.1 cm³/mol. The zero-order chi connectivity index (χ0) is 14.7. The fourth-order valence-corrected chi connectivity index (χ4v) is 2.53. The van der Waals surface area contributed by atoms with Gasteiger partial charge in [-0.05, 0) is 37.8 Å². The van der Waals surface area contributed by atoms with Crippen molar-refractivity contribution in [1.82, 2.24) is 0 Å². The molecular formula is C15H20O5. The van der Waals surface area contributed by atoms with E-state index >= 15 is 0 Å². The molecule has 1 aliphatic rings. The molecule has 5 nitrogen and oxygen atoms in total. The number of carbonyl (C=O) groups is 1. The Labute approximate surface area is 118 Å². The van der Waals surface area contributed by atoms with Crippen molar-refractivity contribution in [3.05, 3.63) is 23.3 Å². The van der Waals surface area contributed by atoms with Gasteiger partial charge in [-0.3, -0.25) is 0 Å². The van der Waals surface area contributed by atoms with E-state index in [0.29, 0.717) is 30.6 Å². The number of ether oxygens (including phenoxy) is 2. The minimum Gasteiger partial charge on any atom is -0.507 e. The van der Waals surface area contributed by atoms with E-state index in [1.54, 1.807) is 13.0 Å². The van der Waals surface area contributed by atoms with Crippen molar-refractivity contribution < 1.29 is 24.5 Å². The Morgan fingerprint density at radius 2 is 2.15 bits per heavy atom. The van der Waals surface area contributed by atoms with Crippen LogP contribution in [-0.4, -0.2) is 35.5 Å². The summed E-state index contributed by atoms with van der Waals surface area (Å²) in [5.74, 6) is -0.181. The van der Waals surface area contributed by atoms with Crippen LogP contribution in [0.1, 0.15) is 42.1 Å². The molecule has 110 valence electrons. The Bertz CT molecular complexity index is 497. The van der Waals surface area contributed by atoms with E-state index in [1.807, 2.05) is 0 Å². The largest absolute Gasteiger partial charge is 0.507 e.